The second kappa shape index (κ2) is 10.1. The number of fused-ring (bicyclic) bond motifs is 1. The lowest BCUT2D eigenvalue weighted by Gasteiger charge is -2.00. The summed E-state index contributed by atoms with van der Waals surface area (Å²) in [5.41, 5.74) is 4.44. The summed E-state index contributed by atoms with van der Waals surface area (Å²) in [5, 5.41) is 1.12. The molecule has 0 aliphatic heterocycles. The Morgan fingerprint density at radius 2 is 1.16 bits per heavy atom. The average Bonchev–Trinajstić information content (AvgIpc) is 3.29. The molecule has 0 radical (unpaired) electrons. The third-order valence-corrected chi connectivity index (χ3v) is 4.87. The zero-order valence-corrected chi connectivity index (χ0v) is 17.4. The van der Waals surface area contributed by atoms with Gasteiger partial charge in [-0.3, -0.25) is 0 Å². The maximum absolute atomic E-state index is 5.79. The molecule has 0 unspecified atom stereocenters. The van der Waals surface area contributed by atoms with E-state index in [1.807, 2.05) is 84.9 Å². The van der Waals surface area contributed by atoms with Gasteiger partial charge in [-0.1, -0.05) is 91.0 Å². The van der Waals surface area contributed by atoms with Gasteiger partial charge in [-0.05, 0) is 47.5 Å². The summed E-state index contributed by atoms with van der Waals surface area (Å²) >= 11 is 0. The second-order valence-corrected chi connectivity index (χ2v) is 7.03. The van der Waals surface area contributed by atoms with E-state index in [4.69, 9.17) is 9.15 Å². The van der Waals surface area contributed by atoms with Crippen molar-refractivity contribution in [2.75, 3.05) is 7.11 Å². The van der Waals surface area contributed by atoms with Gasteiger partial charge in [0.1, 0.15) is 17.1 Å². The first-order chi connectivity index (χ1) is 15.3. The van der Waals surface area contributed by atoms with Crippen LogP contribution in [0.4, 0.5) is 0 Å². The van der Waals surface area contributed by atoms with Gasteiger partial charge in [-0.25, -0.2) is 0 Å². The van der Waals surface area contributed by atoms with Crippen LogP contribution in [0.2, 0.25) is 0 Å². The zero-order valence-electron chi connectivity index (χ0n) is 17.4. The molecule has 0 aliphatic carbocycles. The van der Waals surface area contributed by atoms with Crippen LogP contribution >= 0.6 is 0 Å². The number of rotatable bonds is 4. The first-order valence-corrected chi connectivity index (χ1v) is 10.2. The van der Waals surface area contributed by atoms with Crippen molar-refractivity contribution in [1.29, 1.82) is 0 Å². The highest BCUT2D eigenvalue weighted by Gasteiger charge is 2.05. The minimum Gasteiger partial charge on any atom is -0.497 e. The lowest BCUT2D eigenvalue weighted by Crippen LogP contribution is -1.81. The maximum Gasteiger partial charge on any atom is 0.135 e. The topological polar surface area (TPSA) is 22.4 Å². The van der Waals surface area contributed by atoms with Crippen LogP contribution < -0.4 is 4.74 Å². The predicted octanol–water partition coefficient (Wildman–Crippen LogP) is 7.97. The third kappa shape index (κ3) is 5.52. The molecule has 31 heavy (non-hydrogen) atoms. The van der Waals surface area contributed by atoms with Crippen molar-refractivity contribution in [2.24, 2.45) is 0 Å². The standard InChI is InChI=1S/C15H12O2.C14H12/c1-16-13-8-6-11(7-9-13)15-10-12-4-2-3-5-14(12)17-15;1-3-7-13(8-4-1)11-12-14-9-5-2-6-10-14/h2-10H,1H3;1-12H. The van der Waals surface area contributed by atoms with Crippen molar-refractivity contribution < 1.29 is 9.15 Å². The van der Waals surface area contributed by atoms with E-state index in [-0.39, 0.29) is 0 Å². The van der Waals surface area contributed by atoms with Crippen LogP contribution in [0.5, 0.6) is 5.75 Å². The van der Waals surface area contributed by atoms with Gasteiger partial charge in [0.2, 0.25) is 0 Å². The van der Waals surface area contributed by atoms with E-state index in [2.05, 4.69) is 42.5 Å². The Morgan fingerprint density at radius 1 is 0.613 bits per heavy atom. The Hall–Kier alpha value is -4.04. The summed E-state index contributed by atoms with van der Waals surface area (Å²) < 4.78 is 10.9. The lowest BCUT2D eigenvalue weighted by atomic mass is 10.1. The van der Waals surface area contributed by atoms with E-state index < -0.39 is 0 Å². The largest absolute Gasteiger partial charge is 0.497 e. The first kappa shape index (κ1) is 20.2. The highest BCUT2D eigenvalue weighted by molar-refractivity contribution is 5.82. The van der Waals surface area contributed by atoms with Crippen molar-refractivity contribution in [3.63, 3.8) is 0 Å². The van der Waals surface area contributed by atoms with Crippen LogP contribution in [-0.2, 0) is 0 Å². The summed E-state index contributed by atoms with van der Waals surface area (Å²) in [6.45, 7) is 0. The van der Waals surface area contributed by atoms with Crippen LogP contribution in [0, 0.1) is 0 Å². The maximum atomic E-state index is 5.79. The second-order valence-electron chi connectivity index (χ2n) is 7.03. The SMILES string of the molecule is C(=Cc1ccccc1)c1ccccc1.COc1ccc(-c2cc3ccccc3o2)cc1. The normalized spacial score (nSPS) is 10.6. The average molecular weight is 405 g/mol. The summed E-state index contributed by atoms with van der Waals surface area (Å²) in [6, 6.07) is 38.5. The van der Waals surface area contributed by atoms with E-state index in [1.165, 1.54) is 11.1 Å². The van der Waals surface area contributed by atoms with Gasteiger partial charge >= 0.3 is 0 Å². The van der Waals surface area contributed by atoms with Crippen molar-refractivity contribution in [3.05, 3.63) is 126 Å². The highest BCUT2D eigenvalue weighted by atomic mass is 16.5. The van der Waals surface area contributed by atoms with Crippen molar-refractivity contribution >= 4 is 23.1 Å². The molecule has 5 rings (SSSR count). The molecule has 2 heteroatoms. The lowest BCUT2D eigenvalue weighted by molar-refractivity contribution is 0.415. The molecule has 0 N–H and O–H groups in total. The summed E-state index contributed by atoms with van der Waals surface area (Å²) in [7, 11) is 1.66. The molecule has 5 aromatic rings. The molecule has 0 atom stereocenters. The minimum atomic E-state index is 0.852. The van der Waals surface area contributed by atoms with Crippen LogP contribution in [0.3, 0.4) is 0 Å². The molecule has 152 valence electrons. The smallest absolute Gasteiger partial charge is 0.135 e. The quantitative estimate of drug-likeness (QED) is 0.283. The van der Waals surface area contributed by atoms with Crippen LogP contribution in [0.25, 0.3) is 34.4 Å². The Balaban J connectivity index is 0.000000152. The summed E-state index contributed by atoms with van der Waals surface area (Å²) in [4.78, 5) is 0. The number of methoxy groups -OCH3 is 1. The van der Waals surface area contributed by atoms with E-state index in [9.17, 15) is 0 Å². The van der Waals surface area contributed by atoms with Gasteiger partial charge in [0.15, 0.2) is 0 Å². The number of furan rings is 1. The monoisotopic (exact) mass is 404 g/mol. The van der Waals surface area contributed by atoms with Gasteiger partial charge in [0, 0.05) is 10.9 Å². The fourth-order valence-corrected chi connectivity index (χ4v) is 3.20. The molecular formula is C29H24O2. The fourth-order valence-electron chi connectivity index (χ4n) is 3.20. The molecule has 0 amide bonds. The fraction of sp³-hybridized carbons (Fsp3) is 0.0345. The van der Waals surface area contributed by atoms with Crippen molar-refractivity contribution in [2.45, 2.75) is 0 Å². The number of para-hydroxylation sites is 1. The van der Waals surface area contributed by atoms with Crippen LogP contribution in [0.15, 0.2) is 120 Å². The molecule has 1 aromatic heterocycles. The minimum absolute atomic E-state index is 0.852. The Labute approximate surface area is 183 Å². The Kier molecular flexibility index (Phi) is 6.61. The van der Waals surface area contributed by atoms with Gasteiger partial charge in [0.05, 0.1) is 7.11 Å². The van der Waals surface area contributed by atoms with Crippen LogP contribution in [0.1, 0.15) is 11.1 Å². The number of benzene rings is 4. The number of hydrogen-bond acceptors (Lipinski definition) is 2. The molecular weight excluding hydrogens is 380 g/mol. The summed E-state index contributed by atoms with van der Waals surface area (Å²) in [6.07, 6.45) is 4.24. The third-order valence-electron chi connectivity index (χ3n) is 4.87. The van der Waals surface area contributed by atoms with E-state index in [0.717, 1.165) is 28.0 Å². The molecule has 4 aromatic carbocycles. The number of hydrogen-bond donors (Lipinski definition) is 0. The Morgan fingerprint density at radius 3 is 1.71 bits per heavy atom. The van der Waals surface area contributed by atoms with E-state index >= 15 is 0 Å². The Bertz CT molecular complexity index is 1160. The predicted molar refractivity (Wildman–Crippen MR) is 130 cm³/mol. The van der Waals surface area contributed by atoms with E-state index in [1.54, 1.807) is 7.11 Å². The summed E-state index contributed by atoms with van der Waals surface area (Å²) in [5.74, 6) is 1.73. The van der Waals surface area contributed by atoms with Crippen LogP contribution in [-0.4, -0.2) is 7.11 Å². The highest BCUT2D eigenvalue weighted by Crippen LogP contribution is 2.28. The molecule has 1 heterocycles. The van der Waals surface area contributed by atoms with Gasteiger partial charge in [-0.2, -0.15) is 0 Å². The van der Waals surface area contributed by atoms with Crippen molar-refractivity contribution in [3.8, 4) is 17.1 Å². The van der Waals surface area contributed by atoms with E-state index in [0.29, 0.717) is 0 Å². The molecule has 0 bridgehead atoms. The van der Waals surface area contributed by atoms with Gasteiger partial charge < -0.3 is 9.15 Å². The molecule has 2 nitrogen and oxygen atoms in total. The molecule has 0 saturated carbocycles. The van der Waals surface area contributed by atoms with Gasteiger partial charge in [0.25, 0.3) is 0 Å². The molecule has 0 aliphatic rings. The molecule has 0 fully saturated rings. The van der Waals surface area contributed by atoms with Crippen molar-refractivity contribution in [1.82, 2.24) is 0 Å². The molecule has 0 spiro atoms. The zero-order chi connectivity index (χ0) is 21.3. The molecule has 0 saturated heterocycles. The first-order valence-electron chi connectivity index (χ1n) is 10.2. The van der Waals surface area contributed by atoms with Gasteiger partial charge in [-0.15, -0.1) is 0 Å². The number of ether oxygens (including phenoxy) is 1.